The van der Waals surface area contributed by atoms with Crippen LogP contribution in [0.2, 0.25) is 5.02 Å². The van der Waals surface area contributed by atoms with Crippen molar-refractivity contribution in [1.82, 2.24) is 20.5 Å². The molecule has 4 N–H and O–H groups in total. The molecule has 0 saturated heterocycles. The van der Waals surface area contributed by atoms with E-state index in [2.05, 4.69) is 25.8 Å². The van der Waals surface area contributed by atoms with Crippen LogP contribution in [0.4, 0.5) is 10.5 Å². The Hall–Kier alpha value is -3.60. The number of nitrogens with zero attached hydrogens (tertiary/aromatic N) is 2. The van der Waals surface area contributed by atoms with Gasteiger partial charge in [0.1, 0.15) is 30.0 Å². The minimum atomic E-state index is -0.722. The van der Waals surface area contributed by atoms with Crippen molar-refractivity contribution in [3.63, 3.8) is 0 Å². The summed E-state index contributed by atoms with van der Waals surface area (Å²) in [5.41, 5.74) is 1.30. The molecule has 11 heteroatoms. The van der Waals surface area contributed by atoms with E-state index in [1.54, 1.807) is 42.6 Å². The number of aliphatic hydroxyl groups is 1. The van der Waals surface area contributed by atoms with Crippen LogP contribution in [-0.2, 0) is 0 Å². The first-order valence-electron chi connectivity index (χ1n) is 13.1. The van der Waals surface area contributed by atoms with Crippen LogP contribution in [0.25, 0.3) is 10.9 Å². The maximum atomic E-state index is 12.9. The van der Waals surface area contributed by atoms with E-state index in [4.69, 9.17) is 21.1 Å². The van der Waals surface area contributed by atoms with Gasteiger partial charge in [0.2, 0.25) is 0 Å². The second-order valence-electron chi connectivity index (χ2n) is 8.71. The van der Waals surface area contributed by atoms with Gasteiger partial charge < -0.3 is 35.4 Å². The number of aliphatic hydroxyl groups excluding tert-OH is 1. The van der Waals surface area contributed by atoms with E-state index in [1.807, 2.05) is 27.7 Å². The predicted molar refractivity (Wildman–Crippen MR) is 153 cm³/mol. The normalized spacial score (nSPS) is 11.8. The average molecular weight is 558 g/mol. The van der Waals surface area contributed by atoms with E-state index >= 15 is 0 Å². The lowest BCUT2D eigenvalue weighted by Gasteiger charge is -2.22. The van der Waals surface area contributed by atoms with Crippen molar-refractivity contribution in [3.05, 3.63) is 53.2 Å². The lowest BCUT2D eigenvalue weighted by Crippen LogP contribution is -2.35. The highest BCUT2D eigenvalue weighted by atomic mass is 35.5. The van der Waals surface area contributed by atoms with Gasteiger partial charge in [-0.2, -0.15) is 0 Å². The number of halogens is 1. The Balaban J connectivity index is 1.89. The molecule has 1 heterocycles. The highest BCUT2D eigenvalue weighted by Crippen LogP contribution is 2.35. The number of hydrogen-bond donors (Lipinski definition) is 4. The van der Waals surface area contributed by atoms with Crippen LogP contribution in [0, 0.1) is 0 Å². The Morgan fingerprint density at radius 3 is 2.44 bits per heavy atom. The number of anilines is 1. The SMILES string of the molecule is CCNC(=O)Nc1ccc(Oc2ccnc3cc(OCC(O)CN(CC)CC)c(C(=O)NCC)cc23)cc1Cl. The first-order chi connectivity index (χ1) is 18.8. The standard InChI is InChI=1S/C28H36ClN5O5/c1-5-30-27(36)21-14-20-24(15-26(21)38-17-18(35)16-34(7-3)8-4)32-12-11-25(20)39-19-9-10-23(22(29)13-19)33-28(37)31-6-2/h9-15,18,35H,5-8,16-17H2,1-4H3,(H,30,36)(H2,31,33,37). The lowest BCUT2D eigenvalue weighted by molar-refractivity contribution is 0.0706. The molecule has 3 rings (SSSR count). The zero-order chi connectivity index (χ0) is 28.4. The molecule has 1 atom stereocenters. The smallest absolute Gasteiger partial charge is 0.319 e. The maximum absolute atomic E-state index is 12.9. The Morgan fingerprint density at radius 2 is 1.77 bits per heavy atom. The monoisotopic (exact) mass is 557 g/mol. The van der Waals surface area contributed by atoms with Crippen LogP contribution < -0.4 is 25.4 Å². The highest BCUT2D eigenvalue weighted by Gasteiger charge is 2.19. The minimum absolute atomic E-state index is 0.0275. The van der Waals surface area contributed by atoms with E-state index in [1.165, 1.54) is 0 Å². The Labute approximate surface area is 233 Å². The van der Waals surface area contributed by atoms with Crippen molar-refractivity contribution in [1.29, 1.82) is 0 Å². The summed E-state index contributed by atoms with van der Waals surface area (Å²) in [7, 11) is 0. The van der Waals surface area contributed by atoms with Gasteiger partial charge in [0.05, 0.1) is 21.8 Å². The molecule has 3 aromatic rings. The number of pyridine rings is 1. The molecule has 0 saturated carbocycles. The average Bonchev–Trinajstić information content (AvgIpc) is 2.92. The van der Waals surface area contributed by atoms with Crippen molar-refractivity contribution >= 4 is 40.1 Å². The molecule has 0 radical (unpaired) electrons. The molecule has 3 amide bonds. The van der Waals surface area contributed by atoms with Gasteiger partial charge in [0.15, 0.2) is 0 Å². The topological polar surface area (TPSA) is 125 Å². The van der Waals surface area contributed by atoms with E-state index in [9.17, 15) is 14.7 Å². The number of ether oxygens (including phenoxy) is 2. The molecule has 1 unspecified atom stereocenters. The number of amides is 3. The minimum Gasteiger partial charge on any atom is -0.490 e. The number of aromatic nitrogens is 1. The van der Waals surface area contributed by atoms with Crippen LogP contribution in [0.5, 0.6) is 17.2 Å². The largest absolute Gasteiger partial charge is 0.490 e. The van der Waals surface area contributed by atoms with Gasteiger partial charge in [-0.15, -0.1) is 0 Å². The summed E-state index contributed by atoms with van der Waals surface area (Å²) in [6, 6.07) is 9.59. The van der Waals surface area contributed by atoms with Crippen molar-refractivity contribution in [2.45, 2.75) is 33.8 Å². The molecule has 210 valence electrons. The van der Waals surface area contributed by atoms with Gasteiger partial charge in [-0.1, -0.05) is 25.4 Å². The summed E-state index contributed by atoms with van der Waals surface area (Å²) < 4.78 is 12.0. The number of carbonyl (C=O) groups excluding carboxylic acids is 2. The number of nitrogens with one attached hydrogen (secondary N) is 3. The van der Waals surface area contributed by atoms with Gasteiger partial charge >= 0.3 is 6.03 Å². The summed E-state index contributed by atoms with van der Waals surface area (Å²) >= 11 is 6.36. The molecule has 10 nitrogen and oxygen atoms in total. The fraction of sp³-hybridized carbons (Fsp3) is 0.393. The third kappa shape index (κ3) is 8.19. The van der Waals surface area contributed by atoms with Gasteiger partial charge in [-0.3, -0.25) is 9.78 Å². The van der Waals surface area contributed by atoms with Crippen LogP contribution in [0.1, 0.15) is 38.1 Å². The van der Waals surface area contributed by atoms with Crippen LogP contribution >= 0.6 is 11.6 Å². The van der Waals surface area contributed by atoms with Gasteiger partial charge in [-0.05, 0) is 51.2 Å². The molecule has 0 spiro atoms. The number of fused-ring (bicyclic) bond motifs is 1. The van der Waals surface area contributed by atoms with Crippen LogP contribution in [0.15, 0.2) is 42.6 Å². The van der Waals surface area contributed by atoms with Crippen molar-refractivity contribution < 1.29 is 24.2 Å². The van der Waals surface area contributed by atoms with Crippen LogP contribution in [0.3, 0.4) is 0 Å². The molecular formula is C28H36ClN5O5. The van der Waals surface area contributed by atoms with E-state index < -0.39 is 6.10 Å². The summed E-state index contributed by atoms with van der Waals surface area (Å²) in [5.74, 6) is 0.902. The molecule has 1 aromatic heterocycles. The summed E-state index contributed by atoms with van der Waals surface area (Å²) in [4.78, 5) is 31.3. The summed E-state index contributed by atoms with van der Waals surface area (Å²) in [6.07, 6.45) is 0.871. The van der Waals surface area contributed by atoms with Crippen molar-refractivity contribution in [2.75, 3.05) is 44.6 Å². The first-order valence-corrected chi connectivity index (χ1v) is 13.4. The molecule has 0 aliphatic rings. The number of carbonyl (C=O) groups is 2. The fourth-order valence-electron chi connectivity index (χ4n) is 3.92. The summed E-state index contributed by atoms with van der Waals surface area (Å²) in [6.45, 7) is 10.8. The Kier molecular flexibility index (Phi) is 11.2. The number of rotatable bonds is 13. The van der Waals surface area contributed by atoms with Crippen LogP contribution in [-0.4, -0.2) is 72.4 Å². The number of likely N-dealkylation sites (N-methyl/N-ethyl adjacent to an activating group) is 1. The highest BCUT2D eigenvalue weighted by molar-refractivity contribution is 6.33. The Morgan fingerprint density at radius 1 is 1.03 bits per heavy atom. The molecule has 0 aliphatic heterocycles. The Bertz CT molecular complexity index is 1280. The zero-order valence-corrected chi connectivity index (χ0v) is 23.5. The molecular weight excluding hydrogens is 522 g/mol. The second-order valence-corrected chi connectivity index (χ2v) is 9.12. The maximum Gasteiger partial charge on any atom is 0.319 e. The van der Waals surface area contributed by atoms with Crippen molar-refractivity contribution in [2.24, 2.45) is 0 Å². The number of urea groups is 1. The molecule has 2 aromatic carbocycles. The molecule has 39 heavy (non-hydrogen) atoms. The lowest BCUT2D eigenvalue weighted by atomic mass is 10.1. The number of hydrogen-bond acceptors (Lipinski definition) is 7. The predicted octanol–water partition coefficient (Wildman–Crippen LogP) is 4.65. The summed E-state index contributed by atoms with van der Waals surface area (Å²) in [5, 5.41) is 19.5. The molecule has 0 bridgehead atoms. The fourth-order valence-corrected chi connectivity index (χ4v) is 4.14. The molecule has 0 aliphatic carbocycles. The quantitative estimate of drug-likeness (QED) is 0.241. The van der Waals surface area contributed by atoms with Gasteiger partial charge in [-0.25, -0.2) is 4.79 Å². The zero-order valence-electron chi connectivity index (χ0n) is 22.7. The number of benzene rings is 2. The second kappa shape index (κ2) is 14.5. The third-order valence-electron chi connectivity index (χ3n) is 5.93. The van der Waals surface area contributed by atoms with E-state index in [0.717, 1.165) is 13.1 Å². The van der Waals surface area contributed by atoms with Gasteiger partial charge in [0.25, 0.3) is 5.91 Å². The first kappa shape index (κ1) is 29.9. The van der Waals surface area contributed by atoms with Crippen molar-refractivity contribution in [3.8, 4) is 17.2 Å². The molecule has 0 fully saturated rings. The van der Waals surface area contributed by atoms with E-state index in [-0.39, 0.29) is 18.5 Å². The van der Waals surface area contributed by atoms with E-state index in [0.29, 0.717) is 64.1 Å². The van der Waals surface area contributed by atoms with Gasteiger partial charge in [0, 0.05) is 43.4 Å². The third-order valence-corrected chi connectivity index (χ3v) is 6.25.